The second-order valence-electron chi connectivity index (χ2n) is 7.71. The van der Waals surface area contributed by atoms with Gasteiger partial charge in [0.25, 0.3) is 15.8 Å². The second kappa shape index (κ2) is 11.2. The van der Waals surface area contributed by atoms with Crippen LogP contribution in [0.5, 0.6) is 11.5 Å². The molecule has 2 aromatic carbocycles. The standard InChI is InChI=1S/C22H27NO8S2/c1-2-3-15-8-11-32-22(19-13-21(25)20(24)12-18(15)19)14-30-9-10-31-33(28,29)17-6-4-16(5-7-17)23(26)27/h4-7,12-13,15,22,24-25H,2-3,8-11,14H2,1H3. The van der Waals surface area contributed by atoms with E-state index < -0.39 is 15.0 Å². The van der Waals surface area contributed by atoms with Gasteiger partial charge in [0.15, 0.2) is 11.5 Å². The number of rotatable bonds is 10. The number of ether oxygens (including phenoxy) is 1. The summed E-state index contributed by atoms with van der Waals surface area (Å²) in [5, 5.41) is 30.7. The number of hydrogen-bond acceptors (Lipinski definition) is 9. The number of aromatic hydroxyl groups is 2. The van der Waals surface area contributed by atoms with Crippen molar-refractivity contribution in [1.29, 1.82) is 0 Å². The molecule has 3 rings (SSSR count). The molecule has 1 aliphatic rings. The molecule has 0 bridgehead atoms. The minimum atomic E-state index is -4.06. The van der Waals surface area contributed by atoms with Crippen molar-refractivity contribution in [1.82, 2.24) is 0 Å². The Hall–Kier alpha value is -2.34. The lowest BCUT2D eigenvalue weighted by atomic mass is 9.87. The van der Waals surface area contributed by atoms with Crippen molar-refractivity contribution in [2.24, 2.45) is 0 Å². The lowest BCUT2D eigenvalue weighted by molar-refractivity contribution is -0.384. The Morgan fingerprint density at radius 2 is 1.79 bits per heavy atom. The van der Waals surface area contributed by atoms with Gasteiger partial charge in [-0.2, -0.15) is 20.2 Å². The zero-order valence-corrected chi connectivity index (χ0v) is 19.8. The SMILES string of the molecule is CCCC1CCSC(COCCOS(=O)(=O)c2ccc([N+](=O)[O-])cc2)c2cc(O)c(O)cc21. The number of nitro benzene ring substituents is 1. The molecule has 2 N–H and O–H groups in total. The van der Waals surface area contributed by atoms with E-state index in [2.05, 4.69) is 6.92 Å². The van der Waals surface area contributed by atoms with Crippen LogP contribution in [0.1, 0.15) is 48.5 Å². The van der Waals surface area contributed by atoms with E-state index in [-0.39, 0.29) is 40.5 Å². The van der Waals surface area contributed by atoms with Crippen molar-refractivity contribution >= 4 is 27.6 Å². The maximum atomic E-state index is 12.3. The van der Waals surface area contributed by atoms with Crippen molar-refractivity contribution in [3.63, 3.8) is 0 Å². The predicted octanol–water partition coefficient (Wildman–Crippen LogP) is 4.49. The zero-order chi connectivity index (χ0) is 24.0. The lowest BCUT2D eigenvalue weighted by Gasteiger charge is -2.21. The molecule has 0 saturated heterocycles. The van der Waals surface area contributed by atoms with E-state index in [1.165, 1.54) is 0 Å². The first-order chi connectivity index (χ1) is 15.7. The highest BCUT2D eigenvalue weighted by atomic mass is 32.2. The van der Waals surface area contributed by atoms with Gasteiger partial charge in [-0.15, -0.1) is 0 Å². The third kappa shape index (κ3) is 6.38. The van der Waals surface area contributed by atoms with Crippen LogP contribution in [0, 0.1) is 10.1 Å². The minimum absolute atomic E-state index is 0.0288. The third-order valence-electron chi connectivity index (χ3n) is 5.46. The first-order valence-electron chi connectivity index (χ1n) is 10.6. The fourth-order valence-electron chi connectivity index (χ4n) is 3.82. The van der Waals surface area contributed by atoms with E-state index in [0.717, 1.165) is 60.4 Å². The van der Waals surface area contributed by atoms with Crippen LogP contribution in [0.25, 0.3) is 0 Å². The Labute approximate surface area is 197 Å². The molecule has 0 aliphatic carbocycles. The number of non-ortho nitro benzene ring substituents is 1. The molecule has 2 unspecified atom stereocenters. The van der Waals surface area contributed by atoms with E-state index >= 15 is 0 Å². The van der Waals surface area contributed by atoms with Crippen LogP contribution < -0.4 is 0 Å². The van der Waals surface area contributed by atoms with Crippen molar-refractivity contribution in [2.75, 3.05) is 25.6 Å². The number of phenolic OH excluding ortho intramolecular Hbond substituents is 2. The molecule has 2 aromatic rings. The van der Waals surface area contributed by atoms with Crippen molar-refractivity contribution < 1.29 is 32.5 Å². The molecule has 0 saturated carbocycles. The molecule has 0 amide bonds. The molecular weight excluding hydrogens is 470 g/mol. The van der Waals surface area contributed by atoms with E-state index in [0.29, 0.717) is 12.5 Å². The Morgan fingerprint density at radius 3 is 2.42 bits per heavy atom. The normalized spacial score (nSPS) is 18.5. The first kappa shape index (κ1) is 25.3. The predicted molar refractivity (Wildman–Crippen MR) is 124 cm³/mol. The summed E-state index contributed by atoms with van der Waals surface area (Å²) in [6.45, 7) is 2.23. The molecule has 180 valence electrons. The molecule has 11 heteroatoms. The summed E-state index contributed by atoms with van der Waals surface area (Å²) in [7, 11) is -4.06. The van der Waals surface area contributed by atoms with Gasteiger partial charge in [-0.1, -0.05) is 13.3 Å². The van der Waals surface area contributed by atoms with Gasteiger partial charge in [-0.3, -0.25) is 14.3 Å². The van der Waals surface area contributed by atoms with Crippen molar-refractivity contribution in [3.05, 3.63) is 57.6 Å². The number of nitro groups is 1. The summed E-state index contributed by atoms with van der Waals surface area (Å²) in [6.07, 6.45) is 2.96. The van der Waals surface area contributed by atoms with Gasteiger partial charge in [0, 0.05) is 12.1 Å². The molecule has 2 atom stereocenters. The summed E-state index contributed by atoms with van der Waals surface area (Å²) >= 11 is 1.70. The number of nitrogens with zero attached hydrogens (tertiary/aromatic N) is 1. The number of thioether (sulfide) groups is 1. The van der Waals surface area contributed by atoms with E-state index in [1.807, 2.05) is 0 Å². The molecule has 33 heavy (non-hydrogen) atoms. The maximum absolute atomic E-state index is 12.3. The molecule has 1 heterocycles. The second-order valence-corrected chi connectivity index (χ2v) is 10.6. The molecule has 0 radical (unpaired) electrons. The first-order valence-corrected chi connectivity index (χ1v) is 13.1. The Bertz CT molecular complexity index is 1070. The Morgan fingerprint density at radius 1 is 1.12 bits per heavy atom. The number of hydrogen-bond donors (Lipinski definition) is 2. The lowest BCUT2D eigenvalue weighted by Crippen LogP contribution is -2.14. The van der Waals surface area contributed by atoms with Gasteiger partial charge in [-0.05, 0) is 59.9 Å². The molecular formula is C22H27NO8S2. The van der Waals surface area contributed by atoms with Gasteiger partial charge in [0.05, 0.1) is 34.9 Å². The van der Waals surface area contributed by atoms with Gasteiger partial charge in [0.1, 0.15) is 0 Å². The van der Waals surface area contributed by atoms with Crippen LogP contribution in [0.15, 0.2) is 41.3 Å². The van der Waals surface area contributed by atoms with Crippen LogP contribution in [-0.2, 0) is 19.0 Å². The molecule has 0 aromatic heterocycles. The summed E-state index contributed by atoms with van der Waals surface area (Å²) in [6, 6.07) is 7.70. The Balaban J connectivity index is 1.58. The summed E-state index contributed by atoms with van der Waals surface area (Å²) in [4.78, 5) is 9.92. The number of benzene rings is 2. The van der Waals surface area contributed by atoms with E-state index in [4.69, 9.17) is 8.92 Å². The zero-order valence-electron chi connectivity index (χ0n) is 18.2. The third-order valence-corrected chi connectivity index (χ3v) is 8.05. The smallest absolute Gasteiger partial charge is 0.297 e. The summed E-state index contributed by atoms with van der Waals surface area (Å²) in [5.41, 5.74) is 1.73. The quantitative estimate of drug-likeness (QED) is 0.160. The van der Waals surface area contributed by atoms with Gasteiger partial charge >= 0.3 is 0 Å². The average Bonchev–Trinajstić information content (AvgIpc) is 2.93. The van der Waals surface area contributed by atoms with Gasteiger partial charge < -0.3 is 14.9 Å². The largest absolute Gasteiger partial charge is 0.504 e. The summed E-state index contributed by atoms with van der Waals surface area (Å²) < 4.78 is 35.2. The molecule has 0 fully saturated rings. The van der Waals surface area contributed by atoms with Crippen LogP contribution in [0.3, 0.4) is 0 Å². The Kier molecular flexibility index (Phi) is 8.57. The fourth-order valence-corrected chi connectivity index (χ4v) is 6.00. The summed E-state index contributed by atoms with van der Waals surface area (Å²) in [5.74, 6) is 0.893. The highest BCUT2D eigenvalue weighted by molar-refractivity contribution is 7.99. The molecule has 1 aliphatic heterocycles. The van der Waals surface area contributed by atoms with E-state index in [1.54, 1.807) is 23.9 Å². The van der Waals surface area contributed by atoms with Crippen molar-refractivity contribution in [2.45, 2.75) is 42.2 Å². The van der Waals surface area contributed by atoms with Crippen LogP contribution in [0.2, 0.25) is 0 Å². The molecule has 9 nitrogen and oxygen atoms in total. The minimum Gasteiger partial charge on any atom is -0.504 e. The maximum Gasteiger partial charge on any atom is 0.297 e. The average molecular weight is 498 g/mol. The van der Waals surface area contributed by atoms with Crippen LogP contribution in [-0.4, -0.2) is 49.1 Å². The van der Waals surface area contributed by atoms with Crippen LogP contribution in [0.4, 0.5) is 5.69 Å². The van der Waals surface area contributed by atoms with Gasteiger partial charge in [-0.25, -0.2) is 0 Å². The van der Waals surface area contributed by atoms with Crippen molar-refractivity contribution in [3.8, 4) is 11.5 Å². The van der Waals surface area contributed by atoms with Gasteiger partial charge in [0.2, 0.25) is 0 Å². The highest BCUT2D eigenvalue weighted by Crippen LogP contribution is 2.45. The molecule has 0 spiro atoms. The van der Waals surface area contributed by atoms with Crippen LogP contribution >= 0.6 is 11.8 Å². The number of fused-ring (bicyclic) bond motifs is 1. The monoisotopic (exact) mass is 497 g/mol. The number of phenols is 2. The van der Waals surface area contributed by atoms with E-state index in [9.17, 15) is 28.7 Å². The highest BCUT2D eigenvalue weighted by Gasteiger charge is 2.27. The fraction of sp³-hybridized carbons (Fsp3) is 0.455. The topological polar surface area (TPSA) is 136 Å².